The Kier molecular flexibility index (Phi) is 6.12. The average molecular weight is 307 g/mol. The van der Waals surface area contributed by atoms with Gasteiger partial charge in [0, 0.05) is 37.3 Å². The van der Waals surface area contributed by atoms with Crippen molar-refractivity contribution in [3.8, 4) is 0 Å². The minimum atomic E-state index is -0.0579. The Hall–Kier alpha value is -1.00. The van der Waals surface area contributed by atoms with E-state index < -0.39 is 0 Å². The predicted molar refractivity (Wildman–Crippen MR) is 88.5 cm³/mol. The number of piperidine rings is 1. The van der Waals surface area contributed by atoms with Crippen molar-refractivity contribution in [2.45, 2.75) is 25.7 Å². The monoisotopic (exact) mass is 307 g/mol. The molecule has 0 unspecified atom stereocenters. The largest absolute Gasteiger partial charge is 0.396 e. The zero-order valence-electron chi connectivity index (χ0n) is 12.8. The van der Waals surface area contributed by atoms with Crippen LogP contribution in [0.5, 0.6) is 0 Å². The summed E-state index contributed by atoms with van der Waals surface area (Å²) in [7, 11) is 0. The fourth-order valence-corrected chi connectivity index (χ4v) is 3.38. The molecule has 1 fully saturated rings. The molecule has 0 radical (unpaired) electrons. The van der Waals surface area contributed by atoms with Crippen molar-refractivity contribution in [2.75, 3.05) is 31.7 Å². The second kappa shape index (κ2) is 7.85. The molecule has 4 heteroatoms. The number of amides is 1. The molecule has 1 N–H and O–H groups in total. The highest BCUT2D eigenvalue weighted by Crippen LogP contribution is 2.34. The minimum Gasteiger partial charge on any atom is -0.396 e. The standard InChI is InChI=1S/C17H25NO2S/c1-21-12-7-16(20)18-10-8-17(14-19,9-11-18)13-15-5-3-2-4-6-15/h2-6,19H,7-14H2,1H3. The predicted octanol–water partition coefficient (Wildman–Crippen LogP) is 2.58. The van der Waals surface area contributed by atoms with Crippen LogP contribution in [0.25, 0.3) is 0 Å². The lowest BCUT2D eigenvalue weighted by molar-refractivity contribution is -0.133. The third-order valence-electron chi connectivity index (χ3n) is 4.45. The Morgan fingerprint density at radius 1 is 1.29 bits per heavy atom. The lowest BCUT2D eigenvalue weighted by atomic mass is 9.74. The van der Waals surface area contributed by atoms with E-state index in [9.17, 15) is 9.90 Å². The molecular formula is C17H25NO2S. The third-order valence-corrected chi connectivity index (χ3v) is 5.07. The lowest BCUT2D eigenvalue weighted by Gasteiger charge is -2.41. The number of carbonyl (C=O) groups excluding carboxylic acids is 1. The summed E-state index contributed by atoms with van der Waals surface area (Å²) in [4.78, 5) is 14.0. The minimum absolute atomic E-state index is 0.0579. The normalized spacial score (nSPS) is 17.7. The van der Waals surface area contributed by atoms with Gasteiger partial charge in [-0.25, -0.2) is 0 Å². The second-order valence-corrected chi connectivity index (χ2v) is 6.93. The van der Waals surface area contributed by atoms with E-state index in [0.717, 1.165) is 38.1 Å². The average Bonchev–Trinajstić information content (AvgIpc) is 2.54. The molecule has 0 atom stereocenters. The molecule has 0 saturated carbocycles. The van der Waals surface area contributed by atoms with E-state index in [2.05, 4.69) is 12.1 Å². The first-order valence-electron chi connectivity index (χ1n) is 7.61. The maximum atomic E-state index is 12.1. The van der Waals surface area contributed by atoms with Gasteiger partial charge in [0.2, 0.25) is 5.91 Å². The zero-order valence-corrected chi connectivity index (χ0v) is 13.6. The van der Waals surface area contributed by atoms with E-state index in [-0.39, 0.29) is 17.9 Å². The van der Waals surface area contributed by atoms with Crippen LogP contribution in [0.1, 0.15) is 24.8 Å². The molecule has 2 rings (SSSR count). The SMILES string of the molecule is CSCCC(=O)N1CCC(CO)(Cc2ccccc2)CC1. The van der Waals surface area contributed by atoms with Gasteiger partial charge in [-0.3, -0.25) is 4.79 Å². The number of aliphatic hydroxyl groups is 1. The van der Waals surface area contributed by atoms with Crippen LogP contribution in [-0.4, -0.2) is 47.6 Å². The summed E-state index contributed by atoms with van der Waals surface area (Å²) in [6, 6.07) is 10.3. The number of thioether (sulfide) groups is 1. The van der Waals surface area contributed by atoms with Crippen molar-refractivity contribution in [1.82, 2.24) is 4.90 Å². The number of rotatable bonds is 6. The van der Waals surface area contributed by atoms with Crippen molar-refractivity contribution in [1.29, 1.82) is 0 Å². The van der Waals surface area contributed by atoms with Crippen LogP contribution in [0.3, 0.4) is 0 Å². The van der Waals surface area contributed by atoms with E-state index >= 15 is 0 Å². The number of benzene rings is 1. The van der Waals surface area contributed by atoms with Crippen LogP contribution in [0.15, 0.2) is 30.3 Å². The summed E-state index contributed by atoms with van der Waals surface area (Å²) in [5, 5.41) is 9.86. The van der Waals surface area contributed by atoms with Crippen molar-refractivity contribution in [3.05, 3.63) is 35.9 Å². The van der Waals surface area contributed by atoms with Gasteiger partial charge in [0.05, 0.1) is 0 Å². The van der Waals surface area contributed by atoms with Crippen LogP contribution in [0.4, 0.5) is 0 Å². The van der Waals surface area contributed by atoms with E-state index in [0.29, 0.717) is 6.42 Å². The Labute approximate surface area is 131 Å². The quantitative estimate of drug-likeness (QED) is 0.878. The number of aliphatic hydroxyl groups excluding tert-OH is 1. The van der Waals surface area contributed by atoms with E-state index in [1.54, 1.807) is 11.8 Å². The van der Waals surface area contributed by atoms with Gasteiger partial charge in [-0.2, -0.15) is 11.8 Å². The molecule has 116 valence electrons. The first-order valence-corrected chi connectivity index (χ1v) is 9.00. The number of likely N-dealkylation sites (tertiary alicyclic amines) is 1. The second-order valence-electron chi connectivity index (χ2n) is 5.94. The Morgan fingerprint density at radius 2 is 1.95 bits per heavy atom. The first kappa shape index (κ1) is 16.4. The van der Waals surface area contributed by atoms with Crippen LogP contribution >= 0.6 is 11.8 Å². The summed E-state index contributed by atoms with van der Waals surface area (Å²) in [5.74, 6) is 1.15. The molecule has 3 nitrogen and oxygen atoms in total. The molecule has 1 aromatic rings. The highest BCUT2D eigenvalue weighted by Gasteiger charge is 2.35. The van der Waals surface area contributed by atoms with Crippen molar-refractivity contribution in [3.63, 3.8) is 0 Å². The summed E-state index contributed by atoms with van der Waals surface area (Å²) in [6.45, 7) is 1.76. The Morgan fingerprint density at radius 3 is 2.52 bits per heavy atom. The molecule has 1 aliphatic heterocycles. The molecule has 0 spiro atoms. The molecule has 0 aromatic heterocycles. The van der Waals surface area contributed by atoms with Crippen molar-refractivity contribution >= 4 is 17.7 Å². The van der Waals surface area contributed by atoms with Gasteiger partial charge in [-0.05, 0) is 31.1 Å². The van der Waals surface area contributed by atoms with Crippen LogP contribution in [-0.2, 0) is 11.2 Å². The molecule has 0 aliphatic carbocycles. The van der Waals surface area contributed by atoms with Gasteiger partial charge in [0.15, 0.2) is 0 Å². The summed E-state index contributed by atoms with van der Waals surface area (Å²) >= 11 is 1.71. The lowest BCUT2D eigenvalue weighted by Crippen LogP contribution is -2.45. The first-order chi connectivity index (χ1) is 10.2. The molecule has 21 heavy (non-hydrogen) atoms. The molecule has 0 bridgehead atoms. The number of carbonyl (C=O) groups is 1. The third kappa shape index (κ3) is 4.48. The molecule has 1 aliphatic rings. The molecule has 1 heterocycles. The maximum Gasteiger partial charge on any atom is 0.223 e. The molecule has 1 aromatic carbocycles. The summed E-state index contributed by atoms with van der Waals surface area (Å²) in [5.41, 5.74) is 1.21. The number of nitrogens with zero attached hydrogens (tertiary/aromatic N) is 1. The fraction of sp³-hybridized carbons (Fsp3) is 0.588. The van der Waals surface area contributed by atoms with Crippen LogP contribution in [0.2, 0.25) is 0 Å². The van der Waals surface area contributed by atoms with Gasteiger partial charge in [0.1, 0.15) is 0 Å². The van der Waals surface area contributed by atoms with Gasteiger partial charge in [-0.15, -0.1) is 0 Å². The smallest absolute Gasteiger partial charge is 0.223 e. The van der Waals surface area contributed by atoms with Gasteiger partial charge >= 0.3 is 0 Å². The number of hydrogen-bond donors (Lipinski definition) is 1. The number of hydrogen-bond acceptors (Lipinski definition) is 3. The Balaban J connectivity index is 1.91. The fourth-order valence-electron chi connectivity index (χ4n) is 3.00. The Bertz CT molecular complexity index is 441. The van der Waals surface area contributed by atoms with E-state index in [1.165, 1.54) is 5.56 Å². The van der Waals surface area contributed by atoms with Crippen molar-refractivity contribution in [2.24, 2.45) is 5.41 Å². The highest BCUT2D eigenvalue weighted by molar-refractivity contribution is 7.98. The molecular weight excluding hydrogens is 282 g/mol. The van der Waals surface area contributed by atoms with E-state index in [4.69, 9.17) is 0 Å². The zero-order chi connectivity index (χ0) is 15.1. The van der Waals surface area contributed by atoms with Crippen molar-refractivity contribution < 1.29 is 9.90 Å². The van der Waals surface area contributed by atoms with Crippen LogP contribution in [0, 0.1) is 5.41 Å². The van der Waals surface area contributed by atoms with Gasteiger partial charge < -0.3 is 10.0 Å². The van der Waals surface area contributed by atoms with Gasteiger partial charge in [0.25, 0.3) is 0 Å². The summed E-state index contributed by atoms with van der Waals surface area (Å²) in [6.07, 6.45) is 5.34. The summed E-state index contributed by atoms with van der Waals surface area (Å²) < 4.78 is 0. The highest BCUT2D eigenvalue weighted by atomic mass is 32.2. The maximum absolute atomic E-state index is 12.1. The molecule has 1 saturated heterocycles. The van der Waals surface area contributed by atoms with Crippen LogP contribution < -0.4 is 0 Å². The molecule has 1 amide bonds. The topological polar surface area (TPSA) is 40.5 Å². The van der Waals surface area contributed by atoms with Gasteiger partial charge in [-0.1, -0.05) is 30.3 Å². The van der Waals surface area contributed by atoms with E-state index in [1.807, 2.05) is 29.4 Å².